The number of piperazine rings is 1. The minimum Gasteiger partial charge on any atom is -0.444 e. The molecular weight excluding hydrogens is 192 g/mol. The summed E-state index contributed by atoms with van der Waals surface area (Å²) in [6.45, 7) is 11.3. The van der Waals surface area contributed by atoms with Crippen LogP contribution in [0.25, 0.3) is 0 Å². The quantitative estimate of drug-likeness (QED) is 0.666. The first-order valence-electron chi connectivity index (χ1n) is 5.52. The monoisotopic (exact) mass is 214 g/mol. The number of rotatable bonds is 0. The number of ether oxygens (including phenoxy) is 1. The van der Waals surface area contributed by atoms with Crippen molar-refractivity contribution in [3.63, 3.8) is 0 Å². The van der Waals surface area contributed by atoms with Crippen molar-refractivity contribution < 1.29 is 9.53 Å². The van der Waals surface area contributed by atoms with Crippen LogP contribution in [0.15, 0.2) is 0 Å². The molecule has 1 aliphatic heterocycles. The lowest BCUT2D eigenvalue weighted by Crippen LogP contribution is -2.57. The highest BCUT2D eigenvalue weighted by atomic mass is 16.6. The molecule has 0 aromatic carbocycles. The van der Waals surface area contributed by atoms with E-state index in [0.29, 0.717) is 6.04 Å². The molecule has 0 bridgehead atoms. The summed E-state index contributed by atoms with van der Waals surface area (Å²) in [6.07, 6.45) is -0.205. The maximum atomic E-state index is 11.8. The molecule has 4 nitrogen and oxygen atoms in total. The van der Waals surface area contributed by atoms with Gasteiger partial charge >= 0.3 is 6.09 Å². The van der Waals surface area contributed by atoms with Crippen LogP contribution >= 0.6 is 0 Å². The zero-order valence-corrected chi connectivity index (χ0v) is 10.3. The Balaban J connectivity index is 2.57. The van der Waals surface area contributed by atoms with E-state index in [1.54, 1.807) is 4.90 Å². The van der Waals surface area contributed by atoms with Gasteiger partial charge in [0.15, 0.2) is 0 Å². The number of hydrogen-bond donors (Lipinski definition) is 1. The van der Waals surface area contributed by atoms with E-state index in [4.69, 9.17) is 4.74 Å². The van der Waals surface area contributed by atoms with Gasteiger partial charge in [-0.2, -0.15) is 0 Å². The lowest BCUT2D eigenvalue weighted by Gasteiger charge is -2.38. The average molecular weight is 214 g/mol. The molecular formula is C11H22N2O2. The minimum atomic E-state index is -0.412. The summed E-state index contributed by atoms with van der Waals surface area (Å²) in [5.41, 5.74) is -0.412. The van der Waals surface area contributed by atoms with Crippen LogP contribution in [0.2, 0.25) is 0 Å². The van der Waals surface area contributed by atoms with Crippen molar-refractivity contribution in [3.05, 3.63) is 0 Å². The second-order valence-electron chi connectivity index (χ2n) is 5.29. The lowest BCUT2D eigenvalue weighted by molar-refractivity contribution is 0.0104. The Morgan fingerprint density at radius 1 is 1.40 bits per heavy atom. The van der Waals surface area contributed by atoms with Gasteiger partial charge in [-0.1, -0.05) is 0 Å². The third-order valence-corrected chi connectivity index (χ3v) is 2.39. The van der Waals surface area contributed by atoms with E-state index in [-0.39, 0.29) is 12.1 Å². The number of carbonyl (C=O) groups excluding carboxylic acids is 1. The molecule has 1 N–H and O–H groups in total. The first kappa shape index (κ1) is 12.3. The van der Waals surface area contributed by atoms with Crippen LogP contribution in [0, 0.1) is 0 Å². The lowest BCUT2D eigenvalue weighted by atomic mass is 10.1. The molecule has 4 heteroatoms. The maximum Gasteiger partial charge on any atom is 0.410 e. The largest absolute Gasteiger partial charge is 0.444 e. The topological polar surface area (TPSA) is 41.6 Å². The van der Waals surface area contributed by atoms with Gasteiger partial charge in [0.2, 0.25) is 0 Å². The van der Waals surface area contributed by atoms with E-state index in [1.165, 1.54) is 0 Å². The van der Waals surface area contributed by atoms with Crippen LogP contribution in [-0.4, -0.2) is 41.8 Å². The fourth-order valence-electron chi connectivity index (χ4n) is 1.60. The van der Waals surface area contributed by atoms with Gasteiger partial charge in [0, 0.05) is 25.2 Å². The molecule has 1 aliphatic rings. The zero-order valence-electron chi connectivity index (χ0n) is 10.3. The smallest absolute Gasteiger partial charge is 0.410 e. The molecule has 1 fully saturated rings. The van der Waals surface area contributed by atoms with Crippen molar-refractivity contribution in [2.75, 3.05) is 13.1 Å². The Morgan fingerprint density at radius 2 is 2.00 bits per heavy atom. The number of carbonyl (C=O) groups is 1. The molecule has 88 valence electrons. The van der Waals surface area contributed by atoms with E-state index in [0.717, 1.165) is 13.1 Å². The van der Waals surface area contributed by atoms with Gasteiger partial charge < -0.3 is 15.0 Å². The standard InChI is InChI=1S/C11H22N2O2/c1-8-7-13(9(2)6-12-8)10(14)15-11(3,4)5/h8-9,12H,6-7H2,1-5H3/t8-,9+/m0/s1. The normalized spacial score (nSPS) is 27.7. The highest BCUT2D eigenvalue weighted by molar-refractivity contribution is 5.68. The van der Waals surface area contributed by atoms with Gasteiger partial charge in [0.25, 0.3) is 0 Å². The molecule has 2 atom stereocenters. The predicted molar refractivity (Wildman–Crippen MR) is 59.9 cm³/mol. The van der Waals surface area contributed by atoms with E-state index in [2.05, 4.69) is 12.2 Å². The summed E-state index contributed by atoms with van der Waals surface area (Å²) in [5, 5.41) is 3.33. The Labute approximate surface area is 92.0 Å². The van der Waals surface area contributed by atoms with Crippen LogP contribution in [0.3, 0.4) is 0 Å². The van der Waals surface area contributed by atoms with Crippen molar-refractivity contribution in [2.45, 2.75) is 52.3 Å². The summed E-state index contributed by atoms with van der Waals surface area (Å²) >= 11 is 0. The summed E-state index contributed by atoms with van der Waals surface area (Å²) in [6, 6.07) is 0.546. The van der Waals surface area contributed by atoms with Gasteiger partial charge in [-0.25, -0.2) is 4.79 Å². The first-order chi connectivity index (χ1) is 6.79. The molecule has 1 rings (SSSR count). The van der Waals surface area contributed by atoms with Crippen LogP contribution in [0.4, 0.5) is 4.79 Å². The predicted octanol–water partition coefficient (Wildman–Crippen LogP) is 1.60. The van der Waals surface area contributed by atoms with Crippen molar-refractivity contribution in [1.82, 2.24) is 10.2 Å². The van der Waals surface area contributed by atoms with Gasteiger partial charge in [0.1, 0.15) is 5.60 Å². The van der Waals surface area contributed by atoms with Crippen LogP contribution in [0.5, 0.6) is 0 Å². The SMILES string of the molecule is C[C@@H]1CN[C@@H](C)CN1C(=O)OC(C)(C)C. The van der Waals surface area contributed by atoms with Crippen LogP contribution in [-0.2, 0) is 4.74 Å². The maximum absolute atomic E-state index is 11.8. The minimum absolute atomic E-state index is 0.205. The Kier molecular flexibility index (Phi) is 3.60. The molecule has 0 spiro atoms. The Morgan fingerprint density at radius 3 is 2.53 bits per heavy atom. The molecule has 1 saturated heterocycles. The summed E-state index contributed by atoms with van der Waals surface area (Å²) in [5.74, 6) is 0. The molecule has 15 heavy (non-hydrogen) atoms. The van der Waals surface area contributed by atoms with Gasteiger partial charge in [-0.15, -0.1) is 0 Å². The van der Waals surface area contributed by atoms with Crippen molar-refractivity contribution in [1.29, 1.82) is 0 Å². The molecule has 0 aromatic rings. The van der Waals surface area contributed by atoms with Crippen molar-refractivity contribution >= 4 is 6.09 Å². The highest BCUT2D eigenvalue weighted by Crippen LogP contribution is 2.14. The third-order valence-electron chi connectivity index (χ3n) is 2.39. The van der Waals surface area contributed by atoms with E-state index >= 15 is 0 Å². The Hall–Kier alpha value is -0.770. The van der Waals surface area contributed by atoms with Crippen molar-refractivity contribution in [2.24, 2.45) is 0 Å². The second kappa shape index (κ2) is 4.39. The molecule has 0 radical (unpaired) electrons. The highest BCUT2D eigenvalue weighted by Gasteiger charge is 2.29. The third kappa shape index (κ3) is 3.70. The molecule has 0 unspecified atom stereocenters. The van der Waals surface area contributed by atoms with Crippen LogP contribution < -0.4 is 5.32 Å². The number of amides is 1. The van der Waals surface area contributed by atoms with E-state index < -0.39 is 5.60 Å². The van der Waals surface area contributed by atoms with Crippen LogP contribution in [0.1, 0.15) is 34.6 Å². The molecule has 1 heterocycles. The fraction of sp³-hybridized carbons (Fsp3) is 0.909. The number of nitrogens with zero attached hydrogens (tertiary/aromatic N) is 1. The van der Waals surface area contributed by atoms with E-state index in [1.807, 2.05) is 27.7 Å². The molecule has 1 amide bonds. The number of nitrogens with one attached hydrogen (secondary N) is 1. The second-order valence-corrected chi connectivity index (χ2v) is 5.29. The fourth-order valence-corrected chi connectivity index (χ4v) is 1.60. The summed E-state index contributed by atoms with van der Waals surface area (Å²) < 4.78 is 5.36. The summed E-state index contributed by atoms with van der Waals surface area (Å²) in [4.78, 5) is 13.6. The average Bonchev–Trinajstić information content (AvgIpc) is 2.06. The van der Waals surface area contributed by atoms with Gasteiger partial charge in [-0.05, 0) is 34.6 Å². The summed E-state index contributed by atoms with van der Waals surface area (Å²) in [7, 11) is 0. The van der Waals surface area contributed by atoms with Crippen molar-refractivity contribution in [3.8, 4) is 0 Å². The molecule has 0 saturated carbocycles. The van der Waals surface area contributed by atoms with Gasteiger partial charge in [-0.3, -0.25) is 0 Å². The first-order valence-corrected chi connectivity index (χ1v) is 5.52. The molecule has 0 aliphatic carbocycles. The van der Waals surface area contributed by atoms with Gasteiger partial charge in [0.05, 0.1) is 0 Å². The zero-order chi connectivity index (χ0) is 11.6. The van der Waals surface area contributed by atoms with E-state index in [9.17, 15) is 4.79 Å². The number of hydrogen-bond acceptors (Lipinski definition) is 3. The Bertz CT molecular complexity index is 235. The molecule has 0 aromatic heterocycles.